The quantitative estimate of drug-likeness (QED) is 0.508. The molecule has 12 heteroatoms. The maximum atomic E-state index is 12.7. The van der Waals surface area contributed by atoms with Gasteiger partial charge in [0.05, 0.1) is 24.5 Å². The third-order valence-electron chi connectivity index (χ3n) is 5.53. The average molecular weight is 452 g/mol. The van der Waals surface area contributed by atoms with Crippen molar-refractivity contribution in [2.75, 3.05) is 29.6 Å². The smallest absolute Gasteiger partial charge is 0.273 e. The Bertz CT molecular complexity index is 1350. The molecule has 0 atom stereocenters. The van der Waals surface area contributed by atoms with Crippen molar-refractivity contribution in [2.24, 2.45) is 5.92 Å². The predicted octanol–water partition coefficient (Wildman–Crippen LogP) is 1.55. The van der Waals surface area contributed by atoms with Gasteiger partial charge in [-0.05, 0) is 25.8 Å². The highest BCUT2D eigenvalue weighted by Crippen LogP contribution is 2.41. The number of aromatic nitrogens is 6. The first-order chi connectivity index (χ1) is 17.1. The fourth-order valence-corrected chi connectivity index (χ4v) is 3.74. The summed E-state index contributed by atoms with van der Waals surface area (Å²) in [6.45, 7) is 0.354. The first-order valence-electron chi connectivity index (χ1n) is 12.1. The Morgan fingerprint density at radius 1 is 1.27 bits per heavy atom. The van der Waals surface area contributed by atoms with Crippen LogP contribution in [0.15, 0.2) is 18.3 Å². The van der Waals surface area contributed by atoms with E-state index in [1.807, 2.05) is 30.3 Å². The molecule has 1 fully saturated rings. The molecule has 12 nitrogen and oxygen atoms in total. The summed E-state index contributed by atoms with van der Waals surface area (Å²) in [4.78, 5) is 33.0. The van der Waals surface area contributed by atoms with Crippen LogP contribution in [0.3, 0.4) is 0 Å². The van der Waals surface area contributed by atoms with Crippen LogP contribution < -0.4 is 20.9 Å². The predicted molar refractivity (Wildman–Crippen MR) is 121 cm³/mol. The Morgan fingerprint density at radius 3 is 2.88 bits per heavy atom. The molecule has 1 saturated carbocycles. The second kappa shape index (κ2) is 8.11. The molecule has 0 saturated heterocycles. The number of hydrogen-bond acceptors (Lipinski definition) is 9. The van der Waals surface area contributed by atoms with E-state index in [0.717, 1.165) is 35.5 Å². The maximum absolute atomic E-state index is 12.7. The number of pyridine rings is 1. The van der Waals surface area contributed by atoms with Gasteiger partial charge in [0.25, 0.3) is 5.91 Å². The van der Waals surface area contributed by atoms with Gasteiger partial charge in [0, 0.05) is 41.9 Å². The summed E-state index contributed by atoms with van der Waals surface area (Å²) >= 11 is 0. The van der Waals surface area contributed by atoms with Crippen LogP contribution in [-0.4, -0.2) is 56.0 Å². The van der Waals surface area contributed by atoms with Crippen molar-refractivity contribution in [3.63, 3.8) is 0 Å². The van der Waals surface area contributed by atoms with Crippen LogP contribution in [0.1, 0.15) is 40.1 Å². The number of carbonyl (C=O) groups is 2. The van der Waals surface area contributed by atoms with E-state index < -0.39 is 12.9 Å². The Hall–Kier alpha value is -4.09. The molecular formula is C21H24N10O2. The van der Waals surface area contributed by atoms with Crippen molar-refractivity contribution in [1.29, 1.82) is 0 Å². The normalized spacial score (nSPS) is 16.1. The number of nitrogens with zero attached hydrogens (tertiary/aromatic N) is 7. The minimum Gasteiger partial charge on any atom is -0.365 e. The van der Waals surface area contributed by atoms with Crippen molar-refractivity contribution in [2.45, 2.75) is 32.9 Å². The van der Waals surface area contributed by atoms with E-state index in [0.29, 0.717) is 18.9 Å². The molecule has 0 aromatic carbocycles. The molecule has 4 heterocycles. The monoisotopic (exact) mass is 451 g/mol. The zero-order valence-electron chi connectivity index (χ0n) is 21.1. The molecule has 170 valence electrons. The van der Waals surface area contributed by atoms with Crippen LogP contribution in [0.2, 0.25) is 0 Å². The van der Waals surface area contributed by atoms with Crippen LogP contribution >= 0.6 is 0 Å². The standard InChI is InChI=1S/C21H24N10O2/c1-4-31-28-14-10-30(3)18-12(16(14)29-31)7-8-23-19(18)24-13-9-15(25-20(32)11-5-6-11)26-27-17(13)21(33)22-2/h7-9,11H,4-6,10H2,1-3H3,(H,22,33)(H2,23,24,25,26,32)/i2D3. The molecule has 0 unspecified atom stereocenters. The number of anilines is 4. The highest BCUT2D eigenvalue weighted by Gasteiger charge is 2.31. The van der Waals surface area contributed by atoms with Crippen LogP contribution in [0.25, 0.3) is 11.3 Å². The third-order valence-corrected chi connectivity index (χ3v) is 5.53. The Kier molecular flexibility index (Phi) is 4.29. The highest BCUT2D eigenvalue weighted by atomic mass is 16.2. The Morgan fingerprint density at radius 2 is 2.12 bits per heavy atom. The van der Waals surface area contributed by atoms with E-state index in [2.05, 4.69) is 36.0 Å². The van der Waals surface area contributed by atoms with Crippen molar-refractivity contribution in [1.82, 2.24) is 35.5 Å². The van der Waals surface area contributed by atoms with Crippen LogP contribution in [0.4, 0.5) is 23.0 Å². The fraction of sp³-hybridized carbons (Fsp3) is 0.381. The molecule has 3 aromatic rings. The summed E-state index contributed by atoms with van der Waals surface area (Å²) in [5.41, 5.74) is 2.96. The number of rotatable bonds is 6. The van der Waals surface area contributed by atoms with Gasteiger partial charge in [-0.15, -0.1) is 10.2 Å². The van der Waals surface area contributed by atoms with Gasteiger partial charge in [-0.1, -0.05) is 0 Å². The summed E-state index contributed by atoms with van der Waals surface area (Å²) in [5.74, 6) is -0.676. The Labute approximate surface area is 194 Å². The molecule has 33 heavy (non-hydrogen) atoms. The van der Waals surface area contributed by atoms with Gasteiger partial charge < -0.3 is 20.9 Å². The second-order valence-electron chi connectivity index (χ2n) is 7.93. The van der Waals surface area contributed by atoms with Gasteiger partial charge in [-0.2, -0.15) is 15.0 Å². The van der Waals surface area contributed by atoms with E-state index in [-0.39, 0.29) is 29.0 Å². The summed E-state index contributed by atoms with van der Waals surface area (Å²) in [5, 5.41) is 24.6. The number of nitrogens with one attached hydrogen (secondary N) is 3. The number of aryl methyl sites for hydroxylation is 1. The van der Waals surface area contributed by atoms with Crippen molar-refractivity contribution in [3.05, 3.63) is 29.7 Å². The number of fused-ring (bicyclic) bond motifs is 3. The van der Waals surface area contributed by atoms with Crippen molar-refractivity contribution < 1.29 is 13.7 Å². The van der Waals surface area contributed by atoms with Crippen molar-refractivity contribution >= 4 is 34.8 Å². The SMILES string of the molecule is [2H]C([2H])([2H])NC(=O)c1nnc(NC(=O)C2CC2)cc1Nc1nccc2c1N(C)Cc1nn(CC)nc1-2. The first-order valence-corrected chi connectivity index (χ1v) is 10.6. The van der Waals surface area contributed by atoms with Gasteiger partial charge >= 0.3 is 0 Å². The fourth-order valence-electron chi connectivity index (χ4n) is 3.74. The lowest BCUT2D eigenvalue weighted by molar-refractivity contribution is -0.117. The van der Waals surface area contributed by atoms with Crippen molar-refractivity contribution in [3.8, 4) is 11.3 Å². The Balaban J connectivity index is 1.54. The summed E-state index contributed by atoms with van der Waals surface area (Å²) < 4.78 is 22.1. The number of amides is 2. The molecule has 1 aliphatic carbocycles. The van der Waals surface area contributed by atoms with E-state index >= 15 is 0 Å². The molecular weight excluding hydrogens is 424 g/mol. The zero-order valence-corrected chi connectivity index (χ0v) is 18.1. The van der Waals surface area contributed by atoms with Gasteiger partial charge in [-0.25, -0.2) is 4.98 Å². The second-order valence-corrected chi connectivity index (χ2v) is 7.93. The maximum Gasteiger partial charge on any atom is 0.273 e. The lowest BCUT2D eigenvalue weighted by Gasteiger charge is -2.28. The first kappa shape index (κ1) is 17.5. The van der Waals surface area contributed by atoms with E-state index in [4.69, 9.17) is 4.11 Å². The number of hydrogen-bond donors (Lipinski definition) is 3. The molecule has 2 aliphatic rings. The molecule has 0 radical (unpaired) electrons. The minimum atomic E-state index is -2.72. The largest absolute Gasteiger partial charge is 0.365 e. The average Bonchev–Trinajstić information content (AvgIpc) is 3.58. The molecule has 5 rings (SSSR count). The zero-order chi connectivity index (χ0) is 25.6. The highest BCUT2D eigenvalue weighted by molar-refractivity contribution is 6.00. The topological polar surface area (TPSA) is 143 Å². The minimum absolute atomic E-state index is 0.0658. The van der Waals surface area contributed by atoms with E-state index in [1.54, 1.807) is 11.0 Å². The van der Waals surface area contributed by atoms with Crippen LogP contribution in [-0.2, 0) is 17.9 Å². The number of carbonyl (C=O) groups excluding carboxylic acids is 2. The lowest BCUT2D eigenvalue weighted by atomic mass is 10.0. The van der Waals surface area contributed by atoms with Crippen LogP contribution in [0, 0.1) is 5.92 Å². The molecule has 0 spiro atoms. The van der Waals surface area contributed by atoms with E-state index in [9.17, 15) is 9.59 Å². The van der Waals surface area contributed by atoms with Crippen LogP contribution in [0.5, 0.6) is 0 Å². The van der Waals surface area contributed by atoms with Gasteiger partial charge in [0.2, 0.25) is 5.91 Å². The van der Waals surface area contributed by atoms with Gasteiger partial charge in [0.1, 0.15) is 11.4 Å². The summed E-state index contributed by atoms with van der Waals surface area (Å²) in [6.07, 6.45) is 3.21. The molecule has 2 amide bonds. The summed E-state index contributed by atoms with van der Waals surface area (Å²) in [7, 11) is 1.88. The molecule has 3 N–H and O–H groups in total. The molecule has 0 bridgehead atoms. The molecule has 3 aromatic heterocycles. The van der Waals surface area contributed by atoms with E-state index in [1.165, 1.54) is 6.07 Å². The van der Waals surface area contributed by atoms with Gasteiger partial charge in [0.15, 0.2) is 17.3 Å². The lowest BCUT2D eigenvalue weighted by Crippen LogP contribution is -2.25. The van der Waals surface area contributed by atoms with Gasteiger partial charge in [-0.3, -0.25) is 9.59 Å². The molecule has 1 aliphatic heterocycles. The third kappa shape index (κ3) is 3.83. The summed E-state index contributed by atoms with van der Waals surface area (Å²) in [6, 6.07) is 3.27.